The molecule has 0 atom stereocenters. The van der Waals surface area contributed by atoms with Crippen molar-refractivity contribution in [2.75, 3.05) is 6.54 Å². The molecular weight excluding hydrogens is 382 g/mol. The second-order valence-corrected chi connectivity index (χ2v) is 8.48. The Labute approximate surface area is 187 Å². The number of hydrogen-bond acceptors (Lipinski definition) is 1. The molecule has 0 spiro atoms. The predicted molar refractivity (Wildman–Crippen MR) is 136 cm³/mol. The van der Waals surface area contributed by atoms with Crippen LogP contribution >= 0.6 is 12.2 Å². The standard InChI is InChI=1S/C28H31NS/c1-5-24-12-9-13-27(19-24)28-15-14-26(20-28)18-21(2)22(3)29(23(4)30)17-16-25-10-7-6-8-11-25/h5,7,9-15,18-19H,1,3,6,8,16-17,20H2,2,4H3/b21-18+. The first-order valence-electron chi connectivity index (χ1n) is 10.6. The van der Waals surface area contributed by atoms with Gasteiger partial charge in [0.05, 0.1) is 4.99 Å². The van der Waals surface area contributed by atoms with Crippen LogP contribution in [0.3, 0.4) is 0 Å². The fourth-order valence-corrected chi connectivity index (χ4v) is 4.06. The van der Waals surface area contributed by atoms with Crippen LogP contribution in [-0.2, 0) is 0 Å². The van der Waals surface area contributed by atoms with Crippen molar-refractivity contribution in [2.45, 2.75) is 39.5 Å². The Morgan fingerprint density at radius 1 is 1.20 bits per heavy atom. The average Bonchev–Trinajstić information content (AvgIpc) is 3.22. The maximum absolute atomic E-state index is 5.54. The van der Waals surface area contributed by atoms with Crippen molar-refractivity contribution < 1.29 is 0 Å². The van der Waals surface area contributed by atoms with E-state index in [-0.39, 0.29) is 0 Å². The Hall–Kier alpha value is -2.71. The van der Waals surface area contributed by atoms with Gasteiger partial charge in [-0.15, -0.1) is 0 Å². The third kappa shape index (κ3) is 5.67. The first-order chi connectivity index (χ1) is 14.5. The molecule has 2 aliphatic carbocycles. The van der Waals surface area contributed by atoms with E-state index < -0.39 is 0 Å². The van der Waals surface area contributed by atoms with Crippen LogP contribution in [0.4, 0.5) is 0 Å². The zero-order valence-corrected chi connectivity index (χ0v) is 19.0. The monoisotopic (exact) mass is 413 g/mol. The molecule has 1 aromatic carbocycles. The fraction of sp³-hybridized carbons (Fsp3) is 0.250. The largest absolute Gasteiger partial charge is 0.336 e. The third-order valence-corrected chi connectivity index (χ3v) is 5.87. The number of benzene rings is 1. The van der Waals surface area contributed by atoms with E-state index in [0.29, 0.717) is 0 Å². The second-order valence-electron chi connectivity index (χ2n) is 7.89. The molecule has 0 amide bonds. The van der Waals surface area contributed by atoms with Gasteiger partial charge in [-0.1, -0.05) is 91.7 Å². The van der Waals surface area contributed by atoms with Gasteiger partial charge in [-0.05, 0) is 73.4 Å². The topological polar surface area (TPSA) is 3.24 Å². The van der Waals surface area contributed by atoms with E-state index in [9.17, 15) is 0 Å². The van der Waals surface area contributed by atoms with E-state index in [0.717, 1.165) is 54.1 Å². The van der Waals surface area contributed by atoms with Crippen molar-refractivity contribution in [3.05, 3.63) is 107 Å². The van der Waals surface area contributed by atoms with Crippen molar-refractivity contribution in [1.82, 2.24) is 4.90 Å². The predicted octanol–water partition coefficient (Wildman–Crippen LogP) is 7.82. The summed E-state index contributed by atoms with van der Waals surface area (Å²) in [4.78, 5) is 3.04. The van der Waals surface area contributed by atoms with Gasteiger partial charge < -0.3 is 4.90 Å². The second kappa shape index (κ2) is 10.4. The Bertz CT molecular complexity index is 997. The Morgan fingerprint density at radius 2 is 2.03 bits per heavy atom. The van der Waals surface area contributed by atoms with Crippen molar-refractivity contribution in [1.29, 1.82) is 0 Å². The highest BCUT2D eigenvalue weighted by Crippen LogP contribution is 2.31. The van der Waals surface area contributed by atoms with E-state index in [1.807, 2.05) is 13.0 Å². The van der Waals surface area contributed by atoms with Crippen LogP contribution < -0.4 is 0 Å². The summed E-state index contributed by atoms with van der Waals surface area (Å²) in [6.45, 7) is 13.2. The smallest absolute Gasteiger partial charge is 0.0792 e. The van der Waals surface area contributed by atoms with Crippen LogP contribution in [-0.4, -0.2) is 16.4 Å². The normalized spacial score (nSPS) is 15.9. The first-order valence-corrected chi connectivity index (χ1v) is 11.0. The molecule has 0 radical (unpaired) electrons. The molecule has 2 aliphatic rings. The summed E-state index contributed by atoms with van der Waals surface area (Å²) in [6, 6.07) is 8.52. The molecule has 30 heavy (non-hydrogen) atoms. The lowest BCUT2D eigenvalue weighted by atomic mass is 9.99. The molecule has 0 aliphatic heterocycles. The number of nitrogens with zero attached hydrogens (tertiary/aromatic N) is 1. The van der Waals surface area contributed by atoms with Crippen LogP contribution in [0.1, 0.15) is 50.7 Å². The molecule has 3 rings (SSSR count). The molecule has 0 unspecified atom stereocenters. The maximum Gasteiger partial charge on any atom is 0.0792 e. The fourth-order valence-electron chi connectivity index (χ4n) is 3.86. The van der Waals surface area contributed by atoms with Crippen LogP contribution in [0.15, 0.2) is 96.3 Å². The van der Waals surface area contributed by atoms with Crippen molar-refractivity contribution in [2.24, 2.45) is 0 Å². The van der Waals surface area contributed by atoms with Gasteiger partial charge in [-0.25, -0.2) is 0 Å². The van der Waals surface area contributed by atoms with Crippen molar-refractivity contribution in [3.63, 3.8) is 0 Å². The minimum absolute atomic E-state index is 0.867. The maximum atomic E-state index is 5.54. The van der Waals surface area contributed by atoms with Crippen LogP contribution in [0, 0.1) is 0 Å². The summed E-state index contributed by atoms with van der Waals surface area (Å²) in [5.74, 6) is 0. The van der Waals surface area contributed by atoms with Gasteiger partial charge in [0.15, 0.2) is 0 Å². The van der Waals surface area contributed by atoms with E-state index in [4.69, 9.17) is 12.2 Å². The highest BCUT2D eigenvalue weighted by molar-refractivity contribution is 7.80. The van der Waals surface area contributed by atoms with Crippen molar-refractivity contribution >= 4 is 28.9 Å². The molecule has 0 aromatic heterocycles. The van der Waals surface area contributed by atoms with Gasteiger partial charge in [-0.3, -0.25) is 0 Å². The van der Waals surface area contributed by atoms with Gasteiger partial charge in [0.25, 0.3) is 0 Å². The molecule has 0 N–H and O–H groups in total. The average molecular weight is 414 g/mol. The van der Waals surface area contributed by atoms with Gasteiger partial charge in [0, 0.05) is 12.2 Å². The molecule has 0 saturated carbocycles. The number of allylic oxidation sites excluding steroid dienone is 9. The highest BCUT2D eigenvalue weighted by atomic mass is 32.1. The molecular formula is C28H31NS. The summed E-state index contributed by atoms with van der Waals surface area (Å²) in [6.07, 6.45) is 19.6. The van der Waals surface area contributed by atoms with E-state index >= 15 is 0 Å². The number of rotatable bonds is 8. The lowest BCUT2D eigenvalue weighted by Crippen LogP contribution is -2.28. The molecule has 1 aromatic rings. The minimum Gasteiger partial charge on any atom is -0.336 e. The van der Waals surface area contributed by atoms with Crippen LogP contribution in [0.25, 0.3) is 11.6 Å². The van der Waals surface area contributed by atoms with Gasteiger partial charge in [-0.2, -0.15) is 0 Å². The summed E-state index contributed by atoms with van der Waals surface area (Å²) >= 11 is 5.54. The minimum atomic E-state index is 0.867. The molecule has 0 bridgehead atoms. The summed E-state index contributed by atoms with van der Waals surface area (Å²) in [5.41, 5.74) is 8.59. The van der Waals surface area contributed by atoms with E-state index in [1.54, 1.807) is 0 Å². The van der Waals surface area contributed by atoms with Crippen LogP contribution in [0.5, 0.6) is 0 Å². The Morgan fingerprint density at radius 3 is 2.73 bits per heavy atom. The quantitative estimate of drug-likeness (QED) is 0.316. The summed E-state index contributed by atoms with van der Waals surface area (Å²) < 4.78 is 0. The molecule has 0 fully saturated rings. The zero-order chi connectivity index (χ0) is 21.5. The zero-order valence-electron chi connectivity index (χ0n) is 18.2. The Kier molecular flexibility index (Phi) is 7.59. The van der Waals surface area contributed by atoms with Crippen molar-refractivity contribution in [3.8, 4) is 0 Å². The van der Waals surface area contributed by atoms with E-state index in [2.05, 4.69) is 85.7 Å². The van der Waals surface area contributed by atoms with Gasteiger partial charge in [0.1, 0.15) is 0 Å². The van der Waals surface area contributed by atoms with Gasteiger partial charge >= 0.3 is 0 Å². The lowest BCUT2D eigenvalue weighted by molar-refractivity contribution is 0.530. The highest BCUT2D eigenvalue weighted by Gasteiger charge is 2.14. The molecule has 2 heteroatoms. The summed E-state index contributed by atoms with van der Waals surface area (Å²) in [5, 5.41) is 0. The number of hydrogen-bond donors (Lipinski definition) is 0. The third-order valence-electron chi connectivity index (χ3n) is 5.65. The Balaban J connectivity index is 1.64. The number of thiocarbonyl (C=S) groups is 1. The molecule has 0 saturated heterocycles. The molecule has 154 valence electrons. The molecule has 0 heterocycles. The SMILES string of the molecule is C=Cc1cccc(C2=CC=C(/C=C(\C)C(=C)N(CCC3=CCCC=C3)C(C)=S)C2)c1. The summed E-state index contributed by atoms with van der Waals surface area (Å²) in [7, 11) is 0. The molecule has 1 nitrogen and oxygen atoms in total. The van der Waals surface area contributed by atoms with Gasteiger partial charge in [0.2, 0.25) is 0 Å². The van der Waals surface area contributed by atoms with Crippen LogP contribution in [0.2, 0.25) is 0 Å². The van der Waals surface area contributed by atoms with E-state index in [1.165, 1.54) is 22.3 Å². The lowest BCUT2D eigenvalue weighted by Gasteiger charge is -2.27. The first kappa shape index (κ1) is 22.0.